The highest BCUT2D eigenvalue weighted by molar-refractivity contribution is 7.15. The van der Waals surface area contributed by atoms with E-state index in [1.54, 1.807) is 30.5 Å². The van der Waals surface area contributed by atoms with Crippen LogP contribution in [0.1, 0.15) is 34.3 Å². The summed E-state index contributed by atoms with van der Waals surface area (Å²) in [6.07, 6.45) is 0. The Morgan fingerprint density at radius 1 is 1.07 bits per heavy atom. The zero-order valence-electron chi connectivity index (χ0n) is 16.1. The molecule has 2 atom stereocenters. The van der Waals surface area contributed by atoms with Gasteiger partial charge in [-0.2, -0.15) is 0 Å². The third kappa shape index (κ3) is 4.81. The lowest BCUT2D eigenvalue weighted by Gasteiger charge is -2.19. The number of aryl methyl sites for hydroxylation is 1. The molecule has 2 N–H and O–H groups in total. The zero-order chi connectivity index (χ0) is 22.0. The lowest BCUT2D eigenvalue weighted by Crippen LogP contribution is -2.27. The largest absolute Gasteiger partial charge is 0.478 e. The number of hydrogen-bond donors (Lipinski definition) is 2. The summed E-state index contributed by atoms with van der Waals surface area (Å²) in [7, 11) is 0. The predicted octanol–water partition coefficient (Wildman–Crippen LogP) is 7.08. The molecule has 4 nitrogen and oxygen atoms in total. The summed E-state index contributed by atoms with van der Waals surface area (Å²) in [5.41, 5.74) is 2.87. The van der Waals surface area contributed by atoms with Crippen LogP contribution in [-0.4, -0.2) is 22.4 Å². The van der Waals surface area contributed by atoms with Gasteiger partial charge in [-0.05, 0) is 37.1 Å². The first-order valence-corrected chi connectivity index (χ1v) is 11.1. The molecule has 2 unspecified atom stereocenters. The van der Waals surface area contributed by atoms with Crippen LogP contribution in [0.25, 0.3) is 11.1 Å². The molecule has 156 valence electrons. The van der Waals surface area contributed by atoms with Gasteiger partial charge in [-0.1, -0.05) is 59.1 Å². The molecule has 0 bridgehead atoms. The van der Waals surface area contributed by atoms with Gasteiger partial charge in [0.05, 0.1) is 16.0 Å². The summed E-state index contributed by atoms with van der Waals surface area (Å²) in [6.45, 7) is 3.69. The first-order valence-electron chi connectivity index (χ1n) is 9.00. The Labute approximate surface area is 193 Å². The van der Waals surface area contributed by atoms with Gasteiger partial charge in [-0.15, -0.1) is 22.9 Å². The Morgan fingerprint density at radius 2 is 1.73 bits per heavy atom. The highest BCUT2D eigenvalue weighted by atomic mass is 35.5. The van der Waals surface area contributed by atoms with Crippen LogP contribution in [0.2, 0.25) is 10.0 Å². The average Bonchev–Trinajstić information content (AvgIpc) is 3.09. The first kappa shape index (κ1) is 22.6. The molecule has 0 aliphatic carbocycles. The van der Waals surface area contributed by atoms with Crippen molar-refractivity contribution < 1.29 is 14.7 Å². The molecule has 0 aliphatic heterocycles. The molecule has 8 heteroatoms. The smallest absolute Gasteiger partial charge is 0.339 e. The molecular weight excluding hydrogens is 465 g/mol. The van der Waals surface area contributed by atoms with Crippen LogP contribution in [-0.2, 0) is 4.79 Å². The Morgan fingerprint density at radius 3 is 2.30 bits per heavy atom. The van der Waals surface area contributed by atoms with Crippen molar-refractivity contribution in [3.05, 3.63) is 74.6 Å². The van der Waals surface area contributed by atoms with E-state index < -0.39 is 17.3 Å². The number of hydrogen-bond acceptors (Lipinski definition) is 3. The summed E-state index contributed by atoms with van der Waals surface area (Å²) < 4.78 is 0. The number of amides is 1. The minimum Gasteiger partial charge on any atom is -0.478 e. The van der Waals surface area contributed by atoms with Gasteiger partial charge in [0.2, 0.25) is 5.91 Å². The summed E-state index contributed by atoms with van der Waals surface area (Å²) in [6, 6.07) is 12.4. The second kappa shape index (κ2) is 9.40. The highest BCUT2D eigenvalue weighted by Gasteiger charge is 2.28. The van der Waals surface area contributed by atoms with Gasteiger partial charge in [-0.25, -0.2) is 4.79 Å². The molecule has 3 rings (SSSR count). The summed E-state index contributed by atoms with van der Waals surface area (Å²) >= 11 is 19.5. The maximum atomic E-state index is 13.0. The minimum absolute atomic E-state index is 0.00313. The predicted molar refractivity (Wildman–Crippen MR) is 125 cm³/mol. The van der Waals surface area contributed by atoms with E-state index in [2.05, 4.69) is 5.32 Å². The Balaban J connectivity index is 1.96. The topological polar surface area (TPSA) is 66.4 Å². The summed E-state index contributed by atoms with van der Waals surface area (Å²) in [4.78, 5) is 25.0. The fourth-order valence-electron chi connectivity index (χ4n) is 3.13. The molecule has 0 fully saturated rings. The molecule has 2 aromatic carbocycles. The van der Waals surface area contributed by atoms with Crippen molar-refractivity contribution in [2.45, 2.75) is 25.1 Å². The van der Waals surface area contributed by atoms with E-state index in [9.17, 15) is 14.7 Å². The SMILES string of the molecule is Cc1ccc(C(C(=O)Nc2scc(-c3ccc(Cl)c(Cl)c3)c2C(=O)O)C(C)Cl)cc1. The number of anilines is 1. The number of carbonyl (C=O) groups is 2. The van der Waals surface area contributed by atoms with Crippen LogP contribution in [0.5, 0.6) is 0 Å². The van der Waals surface area contributed by atoms with Crippen LogP contribution in [0.3, 0.4) is 0 Å². The number of carboxylic acids is 1. The quantitative estimate of drug-likeness (QED) is 0.369. The number of aromatic carboxylic acids is 1. The molecule has 0 radical (unpaired) electrons. The van der Waals surface area contributed by atoms with Crippen molar-refractivity contribution in [3.8, 4) is 11.1 Å². The molecule has 1 heterocycles. The molecule has 1 aromatic heterocycles. The number of carboxylic acid groups (broad SMARTS) is 1. The molecule has 30 heavy (non-hydrogen) atoms. The monoisotopic (exact) mass is 481 g/mol. The van der Waals surface area contributed by atoms with E-state index in [-0.39, 0.29) is 16.5 Å². The third-order valence-corrected chi connectivity index (χ3v) is 6.54. The van der Waals surface area contributed by atoms with Crippen molar-refractivity contribution in [3.63, 3.8) is 0 Å². The number of benzene rings is 2. The van der Waals surface area contributed by atoms with Crippen molar-refractivity contribution in [2.75, 3.05) is 5.32 Å². The third-order valence-electron chi connectivity index (χ3n) is 4.65. The maximum absolute atomic E-state index is 13.0. The number of nitrogens with one attached hydrogen (secondary N) is 1. The Bertz CT molecular complexity index is 1090. The van der Waals surface area contributed by atoms with Crippen LogP contribution in [0, 0.1) is 6.92 Å². The lowest BCUT2D eigenvalue weighted by atomic mass is 9.94. The van der Waals surface area contributed by atoms with Crippen LogP contribution in [0.15, 0.2) is 47.8 Å². The average molecular weight is 483 g/mol. The van der Waals surface area contributed by atoms with E-state index in [1.165, 1.54) is 0 Å². The highest BCUT2D eigenvalue weighted by Crippen LogP contribution is 2.38. The second-order valence-corrected chi connectivity index (χ2v) is 9.23. The van der Waals surface area contributed by atoms with E-state index >= 15 is 0 Å². The Kier molecular flexibility index (Phi) is 7.09. The first-order chi connectivity index (χ1) is 14.2. The second-order valence-electron chi connectivity index (χ2n) is 6.84. The van der Waals surface area contributed by atoms with E-state index in [4.69, 9.17) is 34.8 Å². The van der Waals surface area contributed by atoms with Gasteiger partial charge < -0.3 is 10.4 Å². The molecule has 0 saturated carbocycles. The lowest BCUT2D eigenvalue weighted by molar-refractivity contribution is -0.117. The zero-order valence-corrected chi connectivity index (χ0v) is 19.2. The summed E-state index contributed by atoms with van der Waals surface area (Å²) in [5, 5.41) is 14.7. The standard InChI is InChI=1S/C22H18Cl3NO3S/c1-11-3-5-13(6-4-11)18(12(2)23)20(27)26-21-19(22(28)29)15(10-30-21)14-7-8-16(24)17(25)9-14/h3-10,12,18H,1-2H3,(H,26,27)(H,28,29). The van der Waals surface area contributed by atoms with Crippen molar-refractivity contribution in [1.82, 2.24) is 0 Å². The van der Waals surface area contributed by atoms with Gasteiger partial charge >= 0.3 is 5.97 Å². The maximum Gasteiger partial charge on any atom is 0.339 e. The molecule has 3 aromatic rings. The van der Waals surface area contributed by atoms with Crippen molar-refractivity contribution in [2.24, 2.45) is 0 Å². The van der Waals surface area contributed by atoms with Crippen LogP contribution < -0.4 is 5.32 Å². The van der Waals surface area contributed by atoms with Gasteiger partial charge in [0.1, 0.15) is 10.6 Å². The number of halogens is 3. The molecule has 0 spiro atoms. The minimum atomic E-state index is -1.15. The summed E-state index contributed by atoms with van der Waals surface area (Å²) in [5.74, 6) is -2.16. The van der Waals surface area contributed by atoms with Crippen LogP contribution in [0.4, 0.5) is 5.00 Å². The fourth-order valence-corrected chi connectivity index (χ4v) is 4.65. The number of thiophene rings is 1. The normalized spacial score (nSPS) is 13.0. The van der Waals surface area contributed by atoms with Gasteiger partial charge in [0.15, 0.2) is 0 Å². The van der Waals surface area contributed by atoms with E-state index in [0.717, 1.165) is 22.5 Å². The molecule has 0 aliphatic rings. The Hall–Kier alpha value is -2.05. The van der Waals surface area contributed by atoms with Gasteiger partial charge in [0, 0.05) is 16.3 Å². The van der Waals surface area contributed by atoms with Gasteiger partial charge in [0.25, 0.3) is 0 Å². The number of alkyl halides is 1. The number of carbonyl (C=O) groups excluding carboxylic acids is 1. The van der Waals surface area contributed by atoms with Crippen molar-refractivity contribution >= 4 is 63.0 Å². The number of rotatable bonds is 6. The molecular formula is C22H18Cl3NO3S. The fraction of sp³-hybridized carbons (Fsp3) is 0.182. The molecule has 0 saturated heterocycles. The van der Waals surface area contributed by atoms with Gasteiger partial charge in [-0.3, -0.25) is 4.79 Å². The van der Waals surface area contributed by atoms with E-state index in [0.29, 0.717) is 21.2 Å². The van der Waals surface area contributed by atoms with E-state index in [1.807, 2.05) is 31.2 Å². The molecule has 1 amide bonds. The van der Waals surface area contributed by atoms with Crippen LogP contribution >= 0.6 is 46.1 Å². The van der Waals surface area contributed by atoms with Crippen molar-refractivity contribution in [1.29, 1.82) is 0 Å².